The summed E-state index contributed by atoms with van der Waals surface area (Å²) in [6.45, 7) is 0.0795. The summed E-state index contributed by atoms with van der Waals surface area (Å²) >= 11 is 0. The highest BCUT2D eigenvalue weighted by Crippen LogP contribution is 1.81. The predicted octanol–water partition coefficient (Wildman–Crippen LogP) is -0.996. The fraction of sp³-hybridized carbons (Fsp3) is 0.667. The number of likely N-dealkylation sites (N-methyl/N-ethyl adjacent to an activating group) is 2. The minimum Gasteiger partial charge on any atom is -0.358 e. The standard InChI is InChI=1S/C6H13N3O2/c1-7-5(10)4-9(3)6(11)8-2/h4H2,1-3H3,(H,7,10)(H,8,11). The maximum absolute atomic E-state index is 10.8. The van der Waals surface area contributed by atoms with E-state index in [1.807, 2.05) is 0 Å². The number of rotatable bonds is 2. The molecule has 0 aliphatic rings. The van der Waals surface area contributed by atoms with Gasteiger partial charge in [-0.3, -0.25) is 4.79 Å². The maximum Gasteiger partial charge on any atom is 0.317 e. The van der Waals surface area contributed by atoms with Crippen molar-refractivity contribution < 1.29 is 9.59 Å². The zero-order valence-electron chi connectivity index (χ0n) is 6.97. The summed E-state index contributed by atoms with van der Waals surface area (Å²) in [4.78, 5) is 22.8. The predicted molar refractivity (Wildman–Crippen MR) is 41.2 cm³/mol. The molecule has 3 amide bonds. The maximum atomic E-state index is 10.8. The van der Waals surface area contributed by atoms with Crippen molar-refractivity contribution in [2.24, 2.45) is 0 Å². The Morgan fingerprint density at radius 2 is 1.82 bits per heavy atom. The van der Waals surface area contributed by atoms with Gasteiger partial charge in [0, 0.05) is 21.1 Å². The van der Waals surface area contributed by atoms with Crippen molar-refractivity contribution >= 4 is 11.9 Å². The molecule has 0 aliphatic carbocycles. The summed E-state index contributed by atoms with van der Waals surface area (Å²) in [6.07, 6.45) is 0. The molecule has 11 heavy (non-hydrogen) atoms. The van der Waals surface area contributed by atoms with Gasteiger partial charge < -0.3 is 15.5 Å². The van der Waals surface area contributed by atoms with Crippen molar-refractivity contribution in [3.63, 3.8) is 0 Å². The van der Waals surface area contributed by atoms with Crippen LogP contribution in [0.4, 0.5) is 4.79 Å². The van der Waals surface area contributed by atoms with Crippen LogP contribution in [0.2, 0.25) is 0 Å². The van der Waals surface area contributed by atoms with Gasteiger partial charge in [0.15, 0.2) is 0 Å². The lowest BCUT2D eigenvalue weighted by molar-refractivity contribution is -0.120. The molecule has 0 aromatic heterocycles. The van der Waals surface area contributed by atoms with Gasteiger partial charge in [0.1, 0.15) is 6.54 Å². The van der Waals surface area contributed by atoms with Gasteiger partial charge >= 0.3 is 6.03 Å². The molecule has 5 heteroatoms. The van der Waals surface area contributed by atoms with E-state index in [1.54, 1.807) is 7.05 Å². The molecule has 0 aromatic rings. The normalized spacial score (nSPS) is 8.64. The van der Waals surface area contributed by atoms with E-state index in [0.29, 0.717) is 0 Å². The molecule has 0 saturated carbocycles. The summed E-state index contributed by atoms with van der Waals surface area (Å²) in [5.41, 5.74) is 0. The Bertz CT molecular complexity index is 158. The topological polar surface area (TPSA) is 61.4 Å². The van der Waals surface area contributed by atoms with Crippen LogP contribution in [0.3, 0.4) is 0 Å². The molecule has 0 unspecified atom stereocenters. The summed E-state index contributed by atoms with van der Waals surface area (Å²) in [5.74, 6) is -0.184. The van der Waals surface area contributed by atoms with Gasteiger partial charge in [-0.15, -0.1) is 0 Å². The molecule has 0 radical (unpaired) electrons. The van der Waals surface area contributed by atoms with E-state index >= 15 is 0 Å². The third-order valence-electron chi connectivity index (χ3n) is 1.22. The van der Waals surface area contributed by atoms with Crippen LogP contribution in [0.1, 0.15) is 0 Å². The molecule has 0 fully saturated rings. The molecule has 0 rings (SSSR count). The van der Waals surface area contributed by atoms with Gasteiger partial charge in [0.2, 0.25) is 5.91 Å². The summed E-state index contributed by atoms with van der Waals surface area (Å²) in [5, 5.41) is 4.82. The van der Waals surface area contributed by atoms with Crippen LogP contribution in [0.5, 0.6) is 0 Å². The quantitative estimate of drug-likeness (QED) is 0.543. The number of hydrogen-bond acceptors (Lipinski definition) is 2. The SMILES string of the molecule is CNC(=O)CN(C)C(=O)NC. The molecule has 0 atom stereocenters. The zero-order valence-corrected chi connectivity index (χ0v) is 6.97. The van der Waals surface area contributed by atoms with Crippen molar-refractivity contribution in [3.05, 3.63) is 0 Å². The summed E-state index contributed by atoms with van der Waals surface area (Å²) < 4.78 is 0. The van der Waals surface area contributed by atoms with Gasteiger partial charge in [-0.2, -0.15) is 0 Å². The lowest BCUT2D eigenvalue weighted by Gasteiger charge is -2.14. The second-order valence-corrected chi connectivity index (χ2v) is 2.08. The van der Waals surface area contributed by atoms with Crippen molar-refractivity contribution in [3.8, 4) is 0 Å². The van der Waals surface area contributed by atoms with Crippen LogP contribution in [-0.4, -0.2) is 44.5 Å². The van der Waals surface area contributed by atoms with Crippen molar-refractivity contribution in [2.45, 2.75) is 0 Å². The largest absolute Gasteiger partial charge is 0.358 e. The summed E-state index contributed by atoms with van der Waals surface area (Å²) in [7, 11) is 4.59. The van der Waals surface area contributed by atoms with Crippen LogP contribution >= 0.6 is 0 Å². The van der Waals surface area contributed by atoms with E-state index < -0.39 is 0 Å². The van der Waals surface area contributed by atoms with Crippen LogP contribution in [0.15, 0.2) is 0 Å². The van der Waals surface area contributed by atoms with Crippen molar-refractivity contribution in [1.29, 1.82) is 0 Å². The third-order valence-corrected chi connectivity index (χ3v) is 1.22. The number of hydrogen-bond donors (Lipinski definition) is 2. The number of carbonyl (C=O) groups excluding carboxylic acids is 2. The van der Waals surface area contributed by atoms with E-state index in [0.717, 1.165) is 0 Å². The first-order valence-electron chi connectivity index (χ1n) is 3.25. The van der Waals surface area contributed by atoms with E-state index in [2.05, 4.69) is 10.6 Å². The molecule has 5 nitrogen and oxygen atoms in total. The highest BCUT2D eigenvalue weighted by molar-refractivity contribution is 5.83. The van der Waals surface area contributed by atoms with Gasteiger partial charge in [0.05, 0.1) is 0 Å². The highest BCUT2D eigenvalue weighted by Gasteiger charge is 2.08. The molecule has 0 aromatic carbocycles. The minimum atomic E-state index is -0.270. The number of urea groups is 1. The van der Waals surface area contributed by atoms with E-state index in [4.69, 9.17) is 0 Å². The first-order chi connectivity index (χ1) is 5.11. The number of nitrogens with one attached hydrogen (secondary N) is 2. The number of amides is 3. The van der Waals surface area contributed by atoms with E-state index in [1.165, 1.54) is 19.0 Å². The van der Waals surface area contributed by atoms with Crippen LogP contribution < -0.4 is 10.6 Å². The highest BCUT2D eigenvalue weighted by atomic mass is 16.2. The molecular formula is C6H13N3O2. The van der Waals surface area contributed by atoms with Gasteiger partial charge in [-0.1, -0.05) is 0 Å². The molecule has 0 heterocycles. The average molecular weight is 159 g/mol. The van der Waals surface area contributed by atoms with E-state index in [9.17, 15) is 9.59 Å². The molecule has 0 bridgehead atoms. The monoisotopic (exact) mass is 159 g/mol. The number of nitrogens with zero attached hydrogens (tertiary/aromatic N) is 1. The second-order valence-electron chi connectivity index (χ2n) is 2.08. The lowest BCUT2D eigenvalue weighted by Crippen LogP contribution is -2.41. The van der Waals surface area contributed by atoms with Gasteiger partial charge in [0.25, 0.3) is 0 Å². The lowest BCUT2D eigenvalue weighted by atomic mass is 10.5. The first-order valence-corrected chi connectivity index (χ1v) is 3.25. The molecule has 0 saturated heterocycles. The van der Waals surface area contributed by atoms with Crippen LogP contribution in [0, 0.1) is 0 Å². The fourth-order valence-electron chi connectivity index (χ4n) is 0.557. The Kier molecular flexibility index (Phi) is 4.02. The van der Waals surface area contributed by atoms with Crippen molar-refractivity contribution in [2.75, 3.05) is 27.7 Å². The Hall–Kier alpha value is -1.26. The van der Waals surface area contributed by atoms with Crippen LogP contribution in [-0.2, 0) is 4.79 Å². The average Bonchev–Trinajstić information content (AvgIpc) is 2.02. The minimum absolute atomic E-state index is 0.0795. The molecule has 64 valence electrons. The Labute approximate surface area is 65.7 Å². The zero-order chi connectivity index (χ0) is 8.85. The van der Waals surface area contributed by atoms with Crippen LogP contribution in [0.25, 0.3) is 0 Å². The number of carbonyl (C=O) groups is 2. The Morgan fingerprint density at radius 3 is 2.18 bits per heavy atom. The van der Waals surface area contributed by atoms with Crippen molar-refractivity contribution in [1.82, 2.24) is 15.5 Å². The Morgan fingerprint density at radius 1 is 1.27 bits per heavy atom. The fourth-order valence-corrected chi connectivity index (χ4v) is 0.557. The van der Waals surface area contributed by atoms with Gasteiger partial charge in [-0.25, -0.2) is 4.79 Å². The van der Waals surface area contributed by atoms with E-state index in [-0.39, 0.29) is 18.5 Å². The first kappa shape index (κ1) is 9.74. The second kappa shape index (κ2) is 4.54. The molecule has 0 spiro atoms. The van der Waals surface area contributed by atoms with Gasteiger partial charge in [-0.05, 0) is 0 Å². The summed E-state index contributed by atoms with van der Waals surface area (Å²) in [6, 6.07) is -0.270. The molecule has 2 N–H and O–H groups in total. The third kappa shape index (κ3) is 3.44. The molecular weight excluding hydrogens is 146 g/mol. The Balaban J connectivity index is 3.77. The molecule has 0 aliphatic heterocycles. The smallest absolute Gasteiger partial charge is 0.317 e.